The highest BCUT2D eigenvalue weighted by Crippen LogP contribution is 1.90. The quantitative estimate of drug-likeness (QED) is 0.472. The van der Waals surface area contributed by atoms with E-state index in [4.69, 9.17) is 0 Å². The third-order valence-electron chi connectivity index (χ3n) is 1.27. The predicted molar refractivity (Wildman–Crippen MR) is 51.7 cm³/mol. The van der Waals surface area contributed by atoms with Crippen molar-refractivity contribution in [3.63, 3.8) is 0 Å². The zero-order chi connectivity index (χ0) is 8.69. The van der Waals surface area contributed by atoms with Crippen molar-refractivity contribution in [2.75, 3.05) is 6.54 Å². The molecule has 0 fully saturated rings. The molecule has 0 aliphatic rings. The summed E-state index contributed by atoms with van der Waals surface area (Å²) in [5, 5.41) is 3.34. The van der Waals surface area contributed by atoms with E-state index in [0.717, 1.165) is 18.5 Å². The van der Waals surface area contributed by atoms with E-state index in [-0.39, 0.29) is 0 Å². The van der Waals surface area contributed by atoms with E-state index in [1.54, 1.807) is 0 Å². The Bertz CT molecular complexity index is 134. The molecule has 0 rings (SSSR count). The molecule has 0 unspecified atom stereocenters. The van der Waals surface area contributed by atoms with Crippen LogP contribution in [0.4, 0.5) is 0 Å². The Morgan fingerprint density at radius 3 is 2.64 bits per heavy atom. The lowest BCUT2D eigenvalue weighted by molar-refractivity contribution is 0.595. The maximum absolute atomic E-state index is 3.78. The third-order valence-corrected chi connectivity index (χ3v) is 1.27. The molecule has 1 nitrogen and oxygen atoms in total. The molecule has 64 valence electrons. The predicted octanol–water partition coefficient (Wildman–Crippen LogP) is 2.51. The average molecular weight is 153 g/mol. The van der Waals surface area contributed by atoms with Gasteiger partial charge in [-0.3, -0.25) is 0 Å². The number of hydrogen-bond donors (Lipinski definition) is 1. The Morgan fingerprint density at radius 1 is 1.55 bits per heavy atom. The summed E-state index contributed by atoms with van der Waals surface area (Å²) in [4.78, 5) is 0. The summed E-state index contributed by atoms with van der Waals surface area (Å²) in [7, 11) is 0. The average Bonchev–Trinajstić information content (AvgIpc) is 1.85. The molecule has 1 heteroatoms. The van der Waals surface area contributed by atoms with E-state index in [9.17, 15) is 0 Å². The van der Waals surface area contributed by atoms with Crippen molar-refractivity contribution < 1.29 is 0 Å². The van der Waals surface area contributed by atoms with Gasteiger partial charge in [0.05, 0.1) is 0 Å². The van der Waals surface area contributed by atoms with Crippen LogP contribution < -0.4 is 5.32 Å². The molecule has 0 aromatic carbocycles. The second-order valence-corrected chi connectivity index (χ2v) is 3.15. The number of allylic oxidation sites excluding steroid dienone is 2. The first-order chi connectivity index (χ1) is 5.13. The summed E-state index contributed by atoms with van der Waals surface area (Å²) in [6.45, 7) is 11.2. The minimum Gasteiger partial charge on any atom is -0.314 e. The smallest absolute Gasteiger partial charge is 0.00105 e. The monoisotopic (exact) mass is 153 g/mol. The first kappa shape index (κ1) is 10.4. The molecular formula is C10H19N. The van der Waals surface area contributed by atoms with E-state index in [0.29, 0.717) is 6.04 Å². The molecule has 0 atom stereocenters. The highest BCUT2D eigenvalue weighted by atomic mass is 14.9. The first-order valence-corrected chi connectivity index (χ1v) is 4.18. The topological polar surface area (TPSA) is 12.0 Å². The Balaban J connectivity index is 3.21. The molecule has 0 aromatic rings. The number of hydrogen-bond acceptors (Lipinski definition) is 1. The van der Waals surface area contributed by atoms with Gasteiger partial charge in [0.2, 0.25) is 0 Å². The zero-order valence-corrected chi connectivity index (χ0v) is 7.85. The van der Waals surface area contributed by atoms with Gasteiger partial charge in [-0.05, 0) is 19.9 Å². The lowest BCUT2D eigenvalue weighted by Crippen LogP contribution is -2.23. The van der Waals surface area contributed by atoms with Crippen molar-refractivity contribution >= 4 is 0 Å². The van der Waals surface area contributed by atoms with Gasteiger partial charge in [0, 0.05) is 6.04 Å². The van der Waals surface area contributed by atoms with Crippen LogP contribution >= 0.6 is 0 Å². The van der Waals surface area contributed by atoms with Crippen LogP contribution in [0, 0.1) is 0 Å². The van der Waals surface area contributed by atoms with Crippen molar-refractivity contribution in [2.24, 2.45) is 0 Å². The van der Waals surface area contributed by atoms with Crippen LogP contribution in [-0.4, -0.2) is 12.6 Å². The number of nitrogens with one attached hydrogen (secondary N) is 1. The fourth-order valence-electron chi connectivity index (χ4n) is 0.740. The molecular weight excluding hydrogens is 134 g/mol. The maximum atomic E-state index is 3.78. The second-order valence-electron chi connectivity index (χ2n) is 3.15. The van der Waals surface area contributed by atoms with Gasteiger partial charge < -0.3 is 5.32 Å². The summed E-state index contributed by atoms with van der Waals surface area (Å²) >= 11 is 0. The Morgan fingerprint density at radius 2 is 2.18 bits per heavy atom. The summed E-state index contributed by atoms with van der Waals surface area (Å²) in [6.07, 6.45) is 5.30. The van der Waals surface area contributed by atoms with Gasteiger partial charge in [-0.15, -0.1) is 0 Å². The van der Waals surface area contributed by atoms with E-state index >= 15 is 0 Å². The molecule has 0 radical (unpaired) electrons. The van der Waals surface area contributed by atoms with Gasteiger partial charge in [0.15, 0.2) is 0 Å². The Labute approximate surface area is 70.2 Å². The minimum atomic E-state index is 0.591. The lowest BCUT2D eigenvalue weighted by atomic mass is 10.3. The fourth-order valence-corrected chi connectivity index (χ4v) is 0.740. The maximum Gasteiger partial charge on any atom is 0.00105 e. The van der Waals surface area contributed by atoms with Gasteiger partial charge in [-0.2, -0.15) is 0 Å². The van der Waals surface area contributed by atoms with Crippen LogP contribution in [0.2, 0.25) is 0 Å². The SMILES string of the molecule is C=C(C)C=CCCNC(C)C. The van der Waals surface area contributed by atoms with E-state index < -0.39 is 0 Å². The van der Waals surface area contributed by atoms with Crippen molar-refractivity contribution in [1.82, 2.24) is 5.32 Å². The molecule has 0 aliphatic carbocycles. The molecule has 0 aromatic heterocycles. The third kappa shape index (κ3) is 9.44. The standard InChI is InChI=1S/C10H19N/c1-9(2)7-5-6-8-11-10(3)4/h5,7,10-11H,1,6,8H2,2-4H3. The van der Waals surface area contributed by atoms with Crippen LogP contribution in [0.25, 0.3) is 0 Å². The van der Waals surface area contributed by atoms with Crippen molar-refractivity contribution in [1.29, 1.82) is 0 Å². The van der Waals surface area contributed by atoms with Crippen LogP contribution in [0.5, 0.6) is 0 Å². The van der Waals surface area contributed by atoms with Crippen molar-refractivity contribution in [3.05, 3.63) is 24.3 Å². The van der Waals surface area contributed by atoms with Gasteiger partial charge in [-0.1, -0.05) is 38.2 Å². The first-order valence-electron chi connectivity index (χ1n) is 4.18. The summed E-state index contributed by atoms with van der Waals surface area (Å²) < 4.78 is 0. The van der Waals surface area contributed by atoms with Crippen molar-refractivity contribution in [3.8, 4) is 0 Å². The molecule has 1 N–H and O–H groups in total. The van der Waals surface area contributed by atoms with Gasteiger partial charge in [0.25, 0.3) is 0 Å². The molecule has 11 heavy (non-hydrogen) atoms. The molecule has 0 amide bonds. The van der Waals surface area contributed by atoms with E-state index in [2.05, 4.69) is 37.9 Å². The summed E-state index contributed by atoms with van der Waals surface area (Å²) in [5.74, 6) is 0. The van der Waals surface area contributed by atoms with Crippen molar-refractivity contribution in [2.45, 2.75) is 33.2 Å². The highest BCUT2D eigenvalue weighted by Gasteiger charge is 1.87. The zero-order valence-electron chi connectivity index (χ0n) is 7.85. The van der Waals surface area contributed by atoms with Crippen LogP contribution in [-0.2, 0) is 0 Å². The lowest BCUT2D eigenvalue weighted by Gasteiger charge is -2.04. The highest BCUT2D eigenvalue weighted by molar-refractivity contribution is 5.10. The largest absolute Gasteiger partial charge is 0.314 e. The molecule has 0 bridgehead atoms. The van der Waals surface area contributed by atoms with Gasteiger partial charge >= 0.3 is 0 Å². The van der Waals surface area contributed by atoms with Gasteiger partial charge in [-0.25, -0.2) is 0 Å². The normalized spacial score (nSPS) is 11.3. The summed E-state index contributed by atoms with van der Waals surface area (Å²) in [5.41, 5.74) is 1.12. The van der Waals surface area contributed by atoms with Gasteiger partial charge in [0.1, 0.15) is 0 Å². The Hall–Kier alpha value is -0.560. The summed E-state index contributed by atoms with van der Waals surface area (Å²) in [6, 6.07) is 0.591. The van der Waals surface area contributed by atoms with Crippen LogP contribution in [0.3, 0.4) is 0 Å². The van der Waals surface area contributed by atoms with Crippen LogP contribution in [0.1, 0.15) is 27.2 Å². The molecule has 0 spiro atoms. The number of rotatable bonds is 5. The Kier molecular flexibility index (Phi) is 5.86. The fraction of sp³-hybridized carbons (Fsp3) is 0.600. The van der Waals surface area contributed by atoms with E-state index in [1.165, 1.54) is 0 Å². The molecule has 0 saturated carbocycles. The molecule has 0 saturated heterocycles. The minimum absolute atomic E-state index is 0.591. The van der Waals surface area contributed by atoms with Crippen LogP contribution in [0.15, 0.2) is 24.3 Å². The van der Waals surface area contributed by atoms with E-state index in [1.807, 2.05) is 6.92 Å². The molecule has 0 aliphatic heterocycles. The second kappa shape index (κ2) is 6.17. The molecule has 0 heterocycles.